The molecule has 1 aromatic rings. The highest BCUT2D eigenvalue weighted by molar-refractivity contribution is 5.94. The van der Waals surface area contributed by atoms with Crippen LogP contribution in [-0.2, 0) is 0 Å². The average Bonchev–Trinajstić information content (AvgIpc) is 2.86. The van der Waals surface area contributed by atoms with E-state index in [4.69, 9.17) is 5.73 Å². The second-order valence-corrected chi connectivity index (χ2v) is 3.32. The highest BCUT2D eigenvalue weighted by Gasteiger charge is 2.12. The van der Waals surface area contributed by atoms with E-state index in [1.54, 1.807) is 0 Å². The van der Waals surface area contributed by atoms with E-state index in [2.05, 4.69) is 20.3 Å². The Morgan fingerprint density at radius 1 is 1.53 bits per heavy atom. The van der Waals surface area contributed by atoms with Gasteiger partial charge in [-0.1, -0.05) is 5.22 Å². The summed E-state index contributed by atoms with van der Waals surface area (Å²) in [6.07, 6.45) is 3.63. The van der Waals surface area contributed by atoms with Crippen LogP contribution in [0.25, 0.3) is 0 Å². The minimum Gasteiger partial charge on any atom is -0.364 e. The number of aromatic nitrogens is 2. The standard InChI is InChI=1S/C8H12N6O/c9-7(15)6-8(11-5-10-6)12-13-14-3-1-2-4-14/h5H,1-4H2,(H2,9,15)(H,10,11). The number of hydrogen-bond acceptors (Lipinski definition) is 4. The van der Waals surface area contributed by atoms with Crippen molar-refractivity contribution in [3.8, 4) is 0 Å². The first-order chi connectivity index (χ1) is 7.27. The average molecular weight is 208 g/mol. The summed E-state index contributed by atoms with van der Waals surface area (Å²) < 4.78 is 0. The maximum atomic E-state index is 10.9. The number of nitrogens with zero attached hydrogens (tertiary/aromatic N) is 4. The van der Waals surface area contributed by atoms with Crippen molar-refractivity contribution in [2.45, 2.75) is 12.8 Å². The molecule has 1 aromatic heterocycles. The fourth-order valence-corrected chi connectivity index (χ4v) is 1.44. The minimum absolute atomic E-state index is 0.193. The lowest BCUT2D eigenvalue weighted by Crippen LogP contribution is -2.12. The second kappa shape index (κ2) is 4.07. The van der Waals surface area contributed by atoms with Gasteiger partial charge in [0.1, 0.15) is 0 Å². The van der Waals surface area contributed by atoms with Gasteiger partial charge in [-0.25, -0.2) is 4.98 Å². The Labute approximate surface area is 86.4 Å². The number of rotatable bonds is 3. The predicted octanol–water partition coefficient (Wildman–Crippen LogP) is 0.603. The third kappa shape index (κ3) is 2.12. The largest absolute Gasteiger partial charge is 0.364 e. The van der Waals surface area contributed by atoms with Crippen molar-refractivity contribution < 1.29 is 4.79 Å². The highest BCUT2D eigenvalue weighted by Crippen LogP contribution is 2.15. The predicted molar refractivity (Wildman–Crippen MR) is 52.4 cm³/mol. The molecule has 0 unspecified atom stereocenters. The van der Waals surface area contributed by atoms with Crippen LogP contribution in [-0.4, -0.2) is 34.0 Å². The fraction of sp³-hybridized carbons (Fsp3) is 0.500. The zero-order valence-corrected chi connectivity index (χ0v) is 8.18. The van der Waals surface area contributed by atoms with Crippen LogP contribution in [0.4, 0.5) is 5.82 Å². The van der Waals surface area contributed by atoms with Gasteiger partial charge in [0.15, 0.2) is 5.69 Å². The Kier molecular flexibility index (Phi) is 2.61. The van der Waals surface area contributed by atoms with E-state index in [1.165, 1.54) is 6.33 Å². The number of nitrogens with one attached hydrogen (secondary N) is 1. The molecule has 7 nitrogen and oxygen atoms in total. The Hall–Kier alpha value is -1.92. The number of hydrogen-bond donors (Lipinski definition) is 2. The molecule has 15 heavy (non-hydrogen) atoms. The lowest BCUT2D eigenvalue weighted by Gasteiger charge is -2.05. The van der Waals surface area contributed by atoms with Gasteiger partial charge in [0, 0.05) is 13.1 Å². The molecule has 0 aromatic carbocycles. The first-order valence-corrected chi connectivity index (χ1v) is 4.77. The zero-order chi connectivity index (χ0) is 10.7. The van der Waals surface area contributed by atoms with E-state index in [1.807, 2.05) is 5.01 Å². The van der Waals surface area contributed by atoms with Gasteiger partial charge < -0.3 is 10.7 Å². The van der Waals surface area contributed by atoms with Crippen molar-refractivity contribution >= 4 is 11.7 Å². The summed E-state index contributed by atoms with van der Waals surface area (Å²) in [5.74, 6) is -0.336. The quantitative estimate of drug-likeness (QED) is 0.711. The molecule has 1 aliphatic rings. The Morgan fingerprint density at radius 2 is 2.27 bits per heavy atom. The zero-order valence-electron chi connectivity index (χ0n) is 8.18. The maximum absolute atomic E-state index is 10.9. The molecule has 7 heteroatoms. The van der Waals surface area contributed by atoms with E-state index in [0.29, 0.717) is 0 Å². The van der Waals surface area contributed by atoms with Gasteiger partial charge >= 0.3 is 0 Å². The number of H-pyrrole nitrogens is 1. The van der Waals surface area contributed by atoms with E-state index in [0.717, 1.165) is 25.9 Å². The number of aromatic amines is 1. The van der Waals surface area contributed by atoms with Crippen molar-refractivity contribution in [3.05, 3.63) is 12.0 Å². The minimum atomic E-state index is -0.581. The summed E-state index contributed by atoms with van der Waals surface area (Å²) in [5, 5.41) is 9.70. The lowest BCUT2D eigenvalue weighted by molar-refractivity contribution is 0.0996. The molecule has 2 rings (SSSR count). The van der Waals surface area contributed by atoms with E-state index in [-0.39, 0.29) is 11.5 Å². The van der Waals surface area contributed by atoms with E-state index < -0.39 is 5.91 Å². The number of nitrogens with two attached hydrogens (primary N) is 1. The molecule has 1 fully saturated rings. The van der Waals surface area contributed by atoms with Crippen LogP contribution >= 0.6 is 0 Å². The van der Waals surface area contributed by atoms with Crippen molar-refractivity contribution in [3.63, 3.8) is 0 Å². The van der Waals surface area contributed by atoms with Crippen LogP contribution in [0.15, 0.2) is 16.7 Å². The van der Waals surface area contributed by atoms with Crippen LogP contribution in [0, 0.1) is 0 Å². The molecular weight excluding hydrogens is 196 g/mol. The third-order valence-electron chi connectivity index (χ3n) is 2.21. The van der Waals surface area contributed by atoms with Gasteiger partial charge in [0.2, 0.25) is 5.82 Å². The van der Waals surface area contributed by atoms with Gasteiger partial charge in [-0.2, -0.15) is 0 Å². The molecule has 0 atom stereocenters. The molecule has 0 spiro atoms. The first-order valence-electron chi connectivity index (χ1n) is 4.77. The van der Waals surface area contributed by atoms with Gasteiger partial charge in [-0.15, -0.1) is 5.11 Å². The normalized spacial score (nSPS) is 16.4. The molecule has 1 amide bonds. The van der Waals surface area contributed by atoms with Gasteiger partial charge in [0.25, 0.3) is 5.91 Å². The topological polar surface area (TPSA) is 99.7 Å². The van der Waals surface area contributed by atoms with Crippen molar-refractivity contribution in [2.75, 3.05) is 13.1 Å². The first kappa shape index (κ1) is 9.63. The maximum Gasteiger partial charge on any atom is 0.269 e. The third-order valence-corrected chi connectivity index (χ3v) is 2.21. The second-order valence-electron chi connectivity index (χ2n) is 3.32. The lowest BCUT2D eigenvalue weighted by atomic mass is 10.4. The van der Waals surface area contributed by atoms with Crippen molar-refractivity contribution in [1.29, 1.82) is 0 Å². The molecule has 0 aliphatic carbocycles. The Bertz CT molecular complexity index is 378. The summed E-state index contributed by atoms with van der Waals surface area (Å²) in [5.41, 5.74) is 5.31. The van der Waals surface area contributed by atoms with Crippen LogP contribution in [0.5, 0.6) is 0 Å². The van der Waals surface area contributed by atoms with Gasteiger partial charge in [0.05, 0.1) is 6.33 Å². The van der Waals surface area contributed by atoms with Gasteiger partial charge in [-0.3, -0.25) is 9.80 Å². The number of carbonyl (C=O) groups is 1. The number of primary amides is 1. The summed E-state index contributed by atoms with van der Waals surface area (Å²) >= 11 is 0. The number of amides is 1. The number of imidazole rings is 1. The molecule has 0 saturated carbocycles. The summed E-state index contributed by atoms with van der Waals surface area (Å²) in [6.45, 7) is 1.81. The van der Waals surface area contributed by atoms with Crippen molar-refractivity contribution in [2.24, 2.45) is 16.1 Å². The molecule has 1 saturated heterocycles. The Balaban J connectivity index is 2.09. The summed E-state index contributed by atoms with van der Waals surface area (Å²) in [7, 11) is 0. The highest BCUT2D eigenvalue weighted by atomic mass is 16.1. The van der Waals surface area contributed by atoms with Crippen LogP contribution in [0.2, 0.25) is 0 Å². The monoisotopic (exact) mass is 208 g/mol. The molecule has 0 radical (unpaired) electrons. The van der Waals surface area contributed by atoms with Crippen molar-refractivity contribution in [1.82, 2.24) is 15.0 Å². The van der Waals surface area contributed by atoms with E-state index >= 15 is 0 Å². The number of carbonyl (C=O) groups excluding carboxylic acids is 1. The Morgan fingerprint density at radius 3 is 2.93 bits per heavy atom. The molecule has 1 aliphatic heterocycles. The fourth-order valence-electron chi connectivity index (χ4n) is 1.44. The molecule has 0 bridgehead atoms. The molecule has 2 heterocycles. The van der Waals surface area contributed by atoms with Crippen LogP contribution < -0.4 is 5.73 Å². The van der Waals surface area contributed by atoms with Gasteiger partial charge in [-0.05, 0) is 12.8 Å². The SMILES string of the molecule is NC(=O)c1[nH]cnc1N=NN1CCCC1. The molecular formula is C8H12N6O. The molecule has 80 valence electrons. The van der Waals surface area contributed by atoms with E-state index in [9.17, 15) is 4.79 Å². The van der Waals surface area contributed by atoms with Crippen LogP contribution in [0.1, 0.15) is 23.3 Å². The summed E-state index contributed by atoms with van der Waals surface area (Å²) in [6, 6.07) is 0. The summed E-state index contributed by atoms with van der Waals surface area (Å²) in [4.78, 5) is 17.4. The molecule has 3 N–H and O–H groups in total. The smallest absolute Gasteiger partial charge is 0.269 e. The van der Waals surface area contributed by atoms with Crippen LogP contribution in [0.3, 0.4) is 0 Å².